The molecule has 1 aromatic rings. The molecule has 6 heteroatoms. The third-order valence-corrected chi connectivity index (χ3v) is 2.97. The average molecular weight is 295 g/mol. The maximum absolute atomic E-state index is 11.8. The van der Waals surface area contributed by atoms with Crippen molar-refractivity contribution < 1.29 is 14.7 Å². The molecule has 0 radical (unpaired) electrons. The van der Waals surface area contributed by atoms with Crippen LogP contribution in [0.4, 0.5) is 10.5 Å². The predicted molar refractivity (Wildman–Crippen MR) is 78.1 cm³/mol. The fourth-order valence-corrected chi connectivity index (χ4v) is 1.76. The van der Waals surface area contributed by atoms with Gasteiger partial charge in [0, 0.05) is 12.5 Å². The highest BCUT2D eigenvalue weighted by Crippen LogP contribution is 2.23. The van der Waals surface area contributed by atoms with Gasteiger partial charge < -0.3 is 15.7 Å². The number of hydrogen-bond acceptors (Lipinski definition) is 2. The third-order valence-electron chi connectivity index (χ3n) is 2.66. The quantitative estimate of drug-likeness (QED) is 0.731. The lowest BCUT2D eigenvalue weighted by Gasteiger charge is -2.15. The summed E-state index contributed by atoms with van der Waals surface area (Å²) in [5.74, 6) is 1.40. The number of nitrogens with one attached hydrogen (secondary N) is 2. The highest BCUT2D eigenvalue weighted by Gasteiger charge is 2.12. The molecular weight excluding hydrogens is 280 g/mol. The molecule has 0 aromatic heterocycles. The van der Waals surface area contributed by atoms with Crippen molar-refractivity contribution in [1.29, 1.82) is 0 Å². The summed E-state index contributed by atoms with van der Waals surface area (Å²) in [6.07, 6.45) is 6.36. The standard InChI is InChI=1S/C14H15ClN2O3/c1-3-5-10(4-2)16-14(20)17-12-7-6-9(13(18)19)8-11(12)15/h1,6-8,10H,4-5H2,2H3,(H,18,19)(H2,16,17,20). The number of carboxylic acid groups (broad SMARTS) is 1. The monoisotopic (exact) mass is 294 g/mol. The third kappa shape index (κ3) is 4.48. The summed E-state index contributed by atoms with van der Waals surface area (Å²) in [6, 6.07) is 3.53. The Balaban J connectivity index is 2.71. The lowest BCUT2D eigenvalue weighted by atomic mass is 10.1. The molecule has 2 amide bonds. The zero-order valence-electron chi connectivity index (χ0n) is 10.9. The van der Waals surface area contributed by atoms with Gasteiger partial charge >= 0.3 is 12.0 Å². The van der Waals surface area contributed by atoms with Gasteiger partial charge in [0.15, 0.2) is 0 Å². The first-order valence-corrected chi connectivity index (χ1v) is 6.39. The second-order valence-corrected chi connectivity index (χ2v) is 4.52. The van der Waals surface area contributed by atoms with E-state index in [0.717, 1.165) is 0 Å². The van der Waals surface area contributed by atoms with Crippen LogP contribution in [0.15, 0.2) is 18.2 Å². The van der Waals surface area contributed by atoms with Gasteiger partial charge in [-0.1, -0.05) is 18.5 Å². The molecule has 0 aliphatic rings. The van der Waals surface area contributed by atoms with Crippen molar-refractivity contribution in [1.82, 2.24) is 5.32 Å². The van der Waals surface area contributed by atoms with E-state index in [4.69, 9.17) is 23.1 Å². The molecule has 0 heterocycles. The normalized spacial score (nSPS) is 11.2. The summed E-state index contributed by atoms with van der Waals surface area (Å²) in [5.41, 5.74) is 0.393. The Hall–Kier alpha value is -2.19. The van der Waals surface area contributed by atoms with Gasteiger partial charge in [-0.3, -0.25) is 0 Å². The van der Waals surface area contributed by atoms with E-state index in [0.29, 0.717) is 18.5 Å². The number of urea groups is 1. The molecule has 1 rings (SSSR count). The molecule has 106 valence electrons. The SMILES string of the molecule is C#CCC(CC)NC(=O)Nc1ccc(C(=O)O)cc1Cl. The lowest BCUT2D eigenvalue weighted by Crippen LogP contribution is -2.37. The topological polar surface area (TPSA) is 78.4 Å². The van der Waals surface area contributed by atoms with Crippen LogP contribution in [0.25, 0.3) is 0 Å². The highest BCUT2D eigenvalue weighted by atomic mass is 35.5. The number of aromatic carboxylic acids is 1. The fraction of sp³-hybridized carbons (Fsp3) is 0.286. The molecule has 20 heavy (non-hydrogen) atoms. The number of rotatable bonds is 5. The van der Waals surface area contributed by atoms with Crippen LogP contribution in [0.3, 0.4) is 0 Å². The molecular formula is C14H15ClN2O3. The molecule has 0 aliphatic carbocycles. The van der Waals surface area contributed by atoms with Crippen molar-refractivity contribution in [3.05, 3.63) is 28.8 Å². The molecule has 3 N–H and O–H groups in total. The molecule has 1 atom stereocenters. The molecule has 0 bridgehead atoms. The van der Waals surface area contributed by atoms with E-state index in [1.54, 1.807) is 0 Å². The van der Waals surface area contributed by atoms with Crippen molar-refractivity contribution in [2.45, 2.75) is 25.8 Å². The summed E-state index contributed by atoms with van der Waals surface area (Å²) in [4.78, 5) is 22.5. The van der Waals surface area contributed by atoms with Gasteiger partial charge in [-0.05, 0) is 24.6 Å². The summed E-state index contributed by atoms with van der Waals surface area (Å²) in [6.45, 7) is 1.91. The van der Waals surface area contributed by atoms with Crippen LogP contribution in [-0.4, -0.2) is 23.1 Å². The number of amides is 2. The molecule has 1 unspecified atom stereocenters. The largest absolute Gasteiger partial charge is 0.478 e. The number of anilines is 1. The predicted octanol–water partition coefficient (Wildman–Crippen LogP) is 2.96. The Kier molecular flexibility index (Phi) is 5.88. The molecule has 0 aliphatic heterocycles. The van der Waals surface area contributed by atoms with Gasteiger partial charge in [0.2, 0.25) is 0 Å². The van der Waals surface area contributed by atoms with Crippen molar-refractivity contribution in [2.24, 2.45) is 0 Å². The number of carbonyl (C=O) groups is 2. The zero-order chi connectivity index (χ0) is 15.1. The number of terminal acetylenes is 1. The van der Waals surface area contributed by atoms with Crippen LogP contribution in [0.2, 0.25) is 5.02 Å². The molecule has 5 nitrogen and oxygen atoms in total. The summed E-state index contributed by atoms with van der Waals surface area (Å²) in [5, 5.41) is 14.2. The van der Waals surface area contributed by atoms with E-state index in [1.165, 1.54) is 18.2 Å². The number of hydrogen-bond donors (Lipinski definition) is 3. The molecule has 0 spiro atoms. The summed E-state index contributed by atoms with van der Waals surface area (Å²) in [7, 11) is 0. The van der Waals surface area contributed by atoms with Gasteiger partial charge in [-0.25, -0.2) is 9.59 Å². The van der Waals surface area contributed by atoms with Crippen LogP contribution >= 0.6 is 11.6 Å². The van der Waals surface area contributed by atoms with Crippen molar-refractivity contribution >= 4 is 29.3 Å². The Morgan fingerprint density at radius 1 is 1.50 bits per heavy atom. The lowest BCUT2D eigenvalue weighted by molar-refractivity contribution is 0.0697. The van der Waals surface area contributed by atoms with E-state index in [1.807, 2.05) is 6.92 Å². The van der Waals surface area contributed by atoms with Gasteiger partial charge in [0.05, 0.1) is 16.3 Å². The molecule has 0 saturated heterocycles. The fourth-order valence-electron chi connectivity index (χ4n) is 1.53. The smallest absolute Gasteiger partial charge is 0.335 e. The maximum Gasteiger partial charge on any atom is 0.335 e. The maximum atomic E-state index is 11.8. The Labute approximate surface area is 122 Å². The minimum Gasteiger partial charge on any atom is -0.478 e. The minimum atomic E-state index is -1.08. The second-order valence-electron chi connectivity index (χ2n) is 4.11. The van der Waals surface area contributed by atoms with Crippen molar-refractivity contribution in [2.75, 3.05) is 5.32 Å². The van der Waals surface area contributed by atoms with Crippen LogP contribution in [0.1, 0.15) is 30.1 Å². The number of benzene rings is 1. The summed E-state index contributed by atoms with van der Waals surface area (Å²) >= 11 is 5.91. The Morgan fingerprint density at radius 3 is 2.70 bits per heavy atom. The van der Waals surface area contributed by atoms with E-state index in [-0.39, 0.29) is 16.6 Å². The molecule has 0 saturated carbocycles. The number of carbonyl (C=O) groups excluding carboxylic acids is 1. The van der Waals surface area contributed by atoms with E-state index in [9.17, 15) is 9.59 Å². The van der Waals surface area contributed by atoms with Crippen molar-refractivity contribution in [3.63, 3.8) is 0 Å². The van der Waals surface area contributed by atoms with E-state index >= 15 is 0 Å². The van der Waals surface area contributed by atoms with Gasteiger partial charge in [-0.15, -0.1) is 12.3 Å². The van der Waals surface area contributed by atoms with Gasteiger partial charge in [0.25, 0.3) is 0 Å². The first kappa shape index (κ1) is 15.9. The van der Waals surface area contributed by atoms with Crippen LogP contribution in [-0.2, 0) is 0 Å². The second kappa shape index (κ2) is 7.41. The number of carboxylic acids is 1. The van der Waals surface area contributed by atoms with E-state index in [2.05, 4.69) is 16.6 Å². The summed E-state index contributed by atoms with van der Waals surface area (Å²) < 4.78 is 0. The van der Waals surface area contributed by atoms with Crippen LogP contribution < -0.4 is 10.6 Å². The zero-order valence-corrected chi connectivity index (χ0v) is 11.7. The Bertz CT molecular complexity index is 552. The average Bonchev–Trinajstić information content (AvgIpc) is 2.40. The van der Waals surface area contributed by atoms with Crippen LogP contribution in [0, 0.1) is 12.3 Å². The highest BCUT2D eigenvalue weighted by molar-refractivity contribution is 6.34. The first-order valence-electron chi connectivity index (χ1n) is 6.01. The van der Waals surface area contributed by atoms with E-state index < -0.39 is 12.0 Å². The van der Waals surface area contributed by atoms with Crippen LogP contribution in [0.5, 0.6) is 0 Å². The molecule has 1 aromatic carbocycles. The first-order chi connectivity index (χ1) is 9.47. The number of halogens is 1. The minimum absolute atomic E-state index is 0.0553. The Morgan fingerprint density at radius 2 is 2.20 bits per heavy atom. The van der Waals surface area contributed by atoms with Gasteiger partial charge in [0.1, 0.15) is 0 Å². The van der Waals surface area contributed by atoms with Gasteiger partial charge in [-0.2, -0.15) is 0 Å². The van der Waals surface area contributed by atoms with Crippen molar-refractivity contribution in [3.8, 4) is 12.3 Å². The molecule has 0 fully saturated rings.